The number of carbonyl (C=O) groups is 1. The number of likely N-dealkylation sites (tertiary alicyclic amines) is 1. The number of nitrogens with one attached hydrogen (secondary N) is 1. The van der Waals surface area contributed by atoms with E-state index in [-0.39, 0.29) is 23.5 Å². The number of aromatic amines is 1. The molecule has 2 fully saturated rings. The minimum atomic E-state index is -3.00. The van der Waals surface area contributed by atoms with E-state index in [0.29, 0.717) is 18.9 Å². The number of H-pyrrole nitrogens is 1. The smallest absolute Gasteiger partial charge is 0.224 e. The molecule has 2 aliphatic heterocycles. The van der Waals surface area contributed by atoms with Crippen LogP contribution >= 0.6 is 0 Å². The van der Waals surface area contributed by atoms with Gasteiger partial charge in [0.05, 0.1) is 11.5 Å². The number of sulfone groups is 1. The summed E-state index contributed by atoms with van der Waals surface area (Å²) in [6.45, 7) is 2.03. The Morgan fingerprint density at radius 1 is 1.33 bits per heavy atom. The Morgan fingerprint density at radius 2 is 2.08 bits per heavy atom. The summed E-state index contributed by atoms with van der Waals surface area (Å²) in [5.74, 6) is 1.95. The van der Waals surface area contributed by atoms with Gasteiger partial charge in [-0.3, -0.25) is 4.79 Å². The molecule has 1 unspecified atom stereocenters. The second kappa shape index (κ2) is 7.23. The van der Waals surface area contributed by atoms with Gasteiger partial charge >= 0.3 is 0 Å². The normalized spacial score (nSPS) is 25.7. The van der Waals surface area contributed by atoms with Gasteiger partial charge in [-0.2, -0.15) is 0 Å². The molecule has 2 saturated heterocycles. The summed E-state index contributed by atoms with van der Waals surface area (Å²) in [4.78, 5) is 23.8. The lowest BCUT2D eigenvalue weighted by Gasteiger charge is -2.36. The van der Waals surface area contributed by atoms with Crippen molar-refractivity contribution in [2.24, 2.45) is 5.92 Å². The van der Waals surface area contributed by atoms with Crippen molar-refractivity contribution in [1.29, 1.82) is 0 Å². The minimum absolute atomic E-state index is 0.0837. The fourth-order valence-corrected chi connectivity index (χ4v) is 5.28. The van der Waals surface area contributed by atoms with Crippen molar-refractivity contribution < 1.29 is 13.2 Å². The molecule has 7 nitrogen and oxygen atoms in total. The number of aromatic nitrogens is 2. The summed E-state index contributed by atoms with van der Waals surface area (Å²) in [5, 5.41) is 0. The summed E-state index contributed by atoms with van der Waals surface area (Å²) in [7, 11) is -1.10. The van der Waals surface area contributed by atoms with Crippen LogP contribution in [0.1, 0.15) is 25.1 Å². The van der Waals surface area contributed by atoms with Crippen LogP contribution in [0, 0.1) is 5.92 Å². The zero-order chi connectivity index (χ0) is 17.2. The van der Waals surface area contributed by atoms with E-state index < -0.39 is 9.84 Å². The molecule has 0 radical (unpaired) electrons. The molecule has 1 atom stereocenters. The SMILES string of the molecule is CN1CCS(=O)(=O)CC1CC(=O)N1CCC(Cc2ncc[nH]2)CC1. The Kier molecular flexibility index (Phi) is 5.24. The third-order valence-corrected chi connectivity index (χ3v) is 6.94. The molecule has 1 N–H and O–H groups in total. The van der Waals surface area contributed by atoms with Crippen LogP contribution in [-0.2, 0) is 21.1 Å². The van der Waals surface area contributed by atoms with Gasteiger partial charge in [0.1, 0.15) is 5.82 Å². The highest BCUT2D eigenvalue weighted by molar-refractivity contribution is 7.91. The molecule has 0 aliphatic carbocycles. The molecule has 8 heteroatoms. The second-order valence-electron chi connectivity index (χ2n) is 7.02. The van der Waals surface area contributed by atoms with Crippen molar-refractivity contribution >= 4 is 15.7 Å². The maximum atomic E-state index is 12.5. The molecule has 1 aromatic heterocycles. The molecule has 2 aliphatic rings. The Hall–Kier alpha value is -1.41. The molecule has 1 aromatic rings. The van der Waals surface area contributed by atoms with Gasteiger partial charge in [0.2, 0.25) is 5.91 Å². The fraction of sp³-hybridized carbons (Fsp3) is 0.750. The number of nitrogens with zero attached hydrogens (tertiary/aromatic N) is 3. The fourth-order valence-electron chi connectivity index (χ4n) is 3.58. The molecular formula is C16H26N4O3S. The van der Waals surface area contributed by atoms with Crippen LogP contribution in [-0.4, -0.2) is 78.3 Å². The van der Waals surface area contributed by atoms with Gasteiger partial charge in [-0.25, -0.2) is 13.4 Å². The van der Waals surface area contributed by atoms with Crippen LogP contribution in [0.25, 0.3) is 0 Å². The minimum Gasteiger partial charge on any atom is -0.349 e. The van der Waals surface area contributed by atoms with Gasteiger partial charge in [0, 0.05) is 50.9 Å². The topological polar surface area (TPSA) is 86.4 Å². The summed E-state index contributed by atoms with van der Waals surface area (Å²) in [5.41, 5.74) is 0. The quantitative estimate of drug-likeness (QED) is 0.841. The zero-order valence-corrected chi connectivity index (χ0v) is 15.0. The van der Waals surface area contributed by atoms with E-state index >= 15 is 0 Å². The molecule has 3 rings (SSSR count). The summed E-state index contributed by atoms with van der Waals surface area (Å²) >= 11 is 0. The lowest BCUT2D eigenvalue weighted by atomic mass is 9.93. The number of amides is 1. The molecule has 0 aromatic carbocycles. The predicted octanol–water partition coefficient (Wildman–Crippen LogP) is 0.310. The summed E-state index contributed by atoms with van der Waals surface area (Å²) < 4.78 is 23.6. The molecule has 1 amide bonds. The first-order valence-corrected chi connectivity index (χ1v) is 10.4. The third-order valence-electron chi connectivity index (χ3n) is 5.24. The maximum absolute atomic E-state index is 12.5. The number of hydrogen-bond donors (Lipinski definition) is 1. The first kappa shape index (κ1) is 17.4. The number of carbonyl (C=O) groups excluding carboxylic acids is 1. The van der Waals surface area contributed by atoms with Crippen LogP contribution in [0.2, 0.25) is 0 Å². The van der Waals surface area contributed by atoms with Crippen molar-refractivity contribution in [2.45, 2.75) is 31.7 Å². The molecule has 3 heterocycles. The van der Waals surface area contributed by atoms with Crippen LogP contribution < -0.4 is 0 Å². The van der Waals surface area contributed by atoms with Crippen molar-refractivity contribution in [2.75, 3.05) is 38.2 Å². The zero-order valence-electron chi connectivity index (χ0n) is 14.1. The van der Waals surface area contributed by atoms with Crippen LogP contribution in [0.4, 0.5) is 0 Å². The van der Waals surface area contributed by atoms with Crippen molar-refractivity contribution in [3.63, 3.8) is 0 Å². The molecule has 0 spiro atoms. The summed E-state index contributed by atoms with van der Waals surface area (Å²) in [6.07, 6.45) is 6.79. The van der Waals surface area contributed by atoms with Gasteiger partial charge in [-0.15, -0.1) is 0 Å². The first-order valence-electron chi connectivity index (χ1n) is 8.59. The number of hydrogen-bond acceptors (Lipinski definition) is 5. The highest BCUT2D eigenvalue weighted by Crippen LogP contribution is 2.22. The lowest BCUT2D eigenvalue weighted by molar-refractivity contribution is -0.133. The number of piperidine rings is 1. The average molecular weight is 354 g/mol. The average Bonchev–Trinajstić information content (AvgIpc) is 3.04. The lowest BCUT2D eigenvalue weighted by Crippen LogP contribution is -2.49. The maximum Gasteiger partial charge on any atom is 0.224 e. The monoisotopic (exact) mass is 354 g/mol. The van der Waals surface area contributed by atoms with Crippen molar-refractivity contribution in [3.8, 4) is 0 Å². The largest absolute Gasteiger partial charge is 0.349 e. The molecule has 0 saturated carbocycles. The Labute approximate surface area is 143 Å². The number of imidazole rings is 1. The molecule has 24 heavy (non-hydrogen) atoms. The second-order valence-corrected chi connectivity index (χ2v) is 9.25. The molecular weight excluding hydrogens is 328 g/mol. The van der Waals surface area contributed by atoms with Crippen molar-refractivity contribution in [1.82, 2.24) is 19.8 Å². The van der Waals surface area contributed by atoms with Crippen LogP contribution in [0.5, 0.6) is 0 Å². The highest BCUT2D eigenvalue weighted by Gasteiger charge is 2.32. The van der Waals surface area contributed by atoms with Gasteiger partial charge in [-0.1, -0.05) is 0 Å². The third kappa shape index (κ3) is 4.36. The highest BCUT2D eigenvalue weighted by atomic mass is 32.2. The van der Waals surface area contributed by atoms with E-state index in [1.165, 1.54) is 0 Å². The van der Waals surface area contributed by atoms with E-state index in [1.54, 1.807) is 6.20 Å². The van der Waals surface area contributed by atoms with Crippen LogP contribution in [0.3, 0.4) is 0 Å². The van der Waals surface area contributed by atoms with Gasteiger partial charge in [0.25, 0.3) is 0 Å². The van der Waals surface area contributed by atoms with Gasteiger partial charge < -0.3 is 14.8 Å². The summed E-state index contributed by atoms with van der Waals surface area (Å²) in [6, 6.07) is -0.183. The van der Waals surface area contributed by atoms with Crippen molar-refractivity contribution in [3.05, 3.63) is 18.2 Å². The molecule has 134 valence electrons. The molecule has 0 bridgehead atoms. The van der Waals surface area contributed by atoms with E-state index in [1.807, 2.05) is 23.0 Å². The van der Waals surface area contributed by atoms with Gasteiger partial charge in [0.15, 0.2) is 9.84 Å². The van der Waals surface area contributed by atoms with Crippen LogP contribution in [0.15, 0.2) is 12.4 Å². The van der Waals surface area contributed by atoms with E-state index in [2.05, 4.69) is 9.97 Å². The van der Waals surface area contributed by atoms with E-state index in [0.717, 1.165) is 38.2 Å². The Balaban J connectivity index is 1.48. The standard InChI is InChI=1S/C16H26N4O3S/c1-19-8-9-24(22,23)12-14(19)11-16(21)20-6-2-13(3-7-20)10-15-17-4-5-18-15/h4-5,13-14H,2-3,6-12H2,1H3,(H,17,18). The number of rotatable bonds is 4. The first-order chi connectivity index (χ1) is 11.4. The Morgan fingerprint density at radius 3 is 2.75 bits per heavy atom. The Bertz CT molecular complexity index is 651. The van der Waals surface area contributed by atoms with E-state index in [4.69, 9.17) is 0 Å². The van der Waals surface area contributed by atoms with Gasteiger partial charge in [-0.05, 0) is 25.8 Å². The predicted molar refractivity (Wildman–Crippen MR) is 91.3 cm³/mol. The van der Waals surface area contributed by atoms with E-state index in [9.17, 15) is 13.2 Å².